The molecule has 1 amide bonds. The van der Waals surface area contributed by atoms with Gasteiger partial charge < -0.3 is 4.74 Å². The highest BCUT2D eigenvalue weighted by molar-refractivity contribution is 6.00. The zero-order chi connectivity index (χ0) is 18.2. The minimum absolute atomic E-state index is 0.00488. The van der Waals surface area contributed by atoms with Crippen molar-refractivity contribution in [1.82, 2.24) is 5.32 Å². The zero-order valence-corrected chi connectivity index (χ0v) is 14.6. The molecule has 5 heteroatoms. The second-order valence-corrected chi connectivity index (χ2v) is 7.26. The molecule has 1 aliphatic carbocycles. The smallest absolute Gasteiger partial charge is 0.223 e. The van der Waals surface area contributed by atoms with Crippen LogP contribution in [-0.4, -0.2) is 11.7 Å². The Hall–Kier alpha value is -2.87. The van der Waals surface area contributed by atoms with E-state index in [4.69, 9.17) is 4.74 Å². The fourth-order valence-electron chi connectivity index (χ4n) is 3.49. The number of ether oxygens (including phenoxy) is 1. The first-order chi connectivity index (χ1) is 11.8. The molecule has 128 valence electrons. The summed E-state index contributed by atoms with van der Waals surface area (Å²) in [5.74, 6) is -0.152. The molecule has 0 saturated carbocycles. The van der Waals surface area contributed by atoms with Crippen molar-refractivity contribution in [2.75, 3.05) is 0 Å². The van der Waals surface area contributed by atoms with Crippen molar-refractivity contribution in [3.05, 3.63) is 58.7 Å². The number of nitrogens with one attached hydrogen (secondary N) is 1. The molecule has 25 heavy (non-hydrogen) atoms. The van der Waals surface area contributed by atoms with Gasteiger partial charge in [0.2, 0.25) is 11.8 Å². The Bertz CT molecular complexity index is 841. The van der Waals surface area contributed by atoms with E-state index in [9.17, 15) is 14.9 Å². The van der Waals surface area contributed by atoms with E-state index in [0.29, 0.717) is 24.2 Å². The number of ketones is 1. The number of amides is 1. The average Bonchev–Trinajstić information content (AvgIpc) is 2.52. The van der Waals surface area contributed by atoms with Crippen molar-refractivity contribution in [1.29, 1.82) is 5.26 Å². The first-order valence-electron chi connectivity index (χ1n) is 8.23. The molecule has 0 radical (unpaired) electrons. The fraction of sp³-hybridized carbons (Fsp3) is 0.350. The van der Waals surface area contributed by atoms with Gasteiger partial charge in [0, 0.05) is 25.3 Å². The summed E-state index contributed by atoms with van der Waals surface area (Å²) in [4.78, 5) is 24.4. The van der Waals surface area contributed by atoms with E-state index < -0.39 is 5.92 Å². The Morgan fingerprint density at radius 1 is 1.28 bits per heavy atom. The van der Waals surface area contributed by atoms with Gasteiger partial charge in [-0.3, -0.25) is 14.9 Å². The number of carbonyl (C=O) groups excluding carboxylic acids is 2. The van der Waals surface area contributed by atoms with Gasteiger partial charge in [-0.25, -0.2) is 0 Å². The maximum Gasteiger partial charge on any atom is 0.223 e. The topological polar surface area (TPSA) is 79.2 Å². The van der Waals surface area contributed by atoms with Crippen LogP contribution >= 0.6 is 0 Å². The molecule has 0 bridgehead atoms. The zero-order valence-electron chi connectivity index (χ0n) is 14.6. The summed E-state index contributed by atoms with van der Waals surface area (Å²) < 4.78 is 5.85. The third-order valence-corrected chi connectivity index (χ3v) is 4.47. The lowest BCUT2D eigenvalue weighted by atomic mass is 9.70. The van der Waals surface area contributed by atoms with Crippen molar-refractivity contribution in [3.8, 4) is 6.07 Å². The summed E-state index contributed by atoms with van der Waals surface area (Å²) in [5, 5.41) is 12.3. The highest BCUT2D eigenvalue weighted by atomic mass is 16.5. The van der Waals surface area contributed by atoms with E-state index in [0.717, 1.165) is 5.56 Å². The van der Waals surface area contributed by atoms with Crippen molar-refractivity contribution >= 4 is 11.7 Å². The number of Topliss-reactive ketones (excluding diaryl/α,β-unsaturated/α-hetero) is 1. The number of allylic oxidation sites excluding steroid dienone is 3. The fourth-order valence-corrected chi connectivity index (χ4v) is 3.49. The molecule has 0 aromatic heterocycles. The maximum absolute atomic E-state index is 12.9. The first-order valence-corrected chi connectivity index (χ1v) is 8.23. The number of benzene rings is 1. The van der Waals surface area contributed by atoms with E-state index in [2.05, 4.69) is 11.4 Å². The Morgan fingerprint density at radius 2 is 1.96 bits per heavy atom. The third-order valence-electron chi connectivity index (χ3n) is 4.47. The van der Waals surface area contributed by atoms with Crippen LogP contribution in [0.15, 0.2) is 53.1 Å². The lowest BCUT2D eigenvalue weighted by Crippen LogP contribution is -2.35. The predicted molar refractivity (Wildman–Crippen MR) is 91.8 cm³/mol. The monoisotopic (exact) mass is 336 g/mol. The maximum atomic E-state index is 12.9. The van der Waals surface area contributed by atoms with Crippen molar-refractivity contribution < 1.29 is 14.3 Å². The van der Waals surface area contributed by atoms with E-state index >= 15 is 0 Å². The molecule has 1 aromatic carbocycles. The molecule has 2 aliphatic rings. The molecule has 0 fully saturated rings. The van der Waals surface area contributed by atoms with E-state index in [1.807, 2.05) is 44.2 Å². The molecule has 1 N–H and O–H groups in total. The minimum Gasteiger partial charge on any atom is -0.444 e. The van der Waals surface area contributed by atoms with Crippen LogP contribution in [0, 0.1) is 16.7 Å². The second-order valence-electron chi connectivity index (χ2n) is 7.26. The summed E-state index contributed by atoms with van der Waals surface area (Å²) in [6.45, 7) is 5.39. The molecule has 1 aliphatic heterocycles. The van der Waals surface area contributed by atoms with Crippen LogP contribution in [0.2, 0.25) is 0 Å². The SMILES string of the molecule is CC(=O)NC1=C(C#N)C(c2ccccc2)C2=C(CC(C)(C)CC2=O)O1. The lowest BCUT2D eigenvalue weighted by molar-refractivity contribution is -0.119. The van der Waals surface area contributed by atoms with Gasteiger partial charge in [0.05, 0.1) is 5.92 Å². The van der Waals surface area contributed by atoms with E-state index in [-0.39, 0.29) is 28.6 Å². The highest BCUT2D eigenvalue weighted by Gasteiger charge is 2.43. The average molecular weight is 336 g/mol. The Kier molecular flexibility index (Phi) is 4.22. The highest BCUT2D eigenvalue weighted by Crippen LogP contribution is 2.48. The van der Waals surface area contributed by atoms with Gasteiger partial charge in [0.1, 0.15) is 17.4 Å². The summed E-state index contributed by atoms with van der Waals surface area (Å²) in [6.07, 6.45) is 0.992. The molecule has 1 heterocycles. The second kappa shape index (κ2) is 6.21. The molecular weight excluding hydrogens is 316 g/mol. The van der Waals surface area contributed by atoms with E-state index in [1.54, 1.807) is 0 Å². The lowest BCUT2D eigenvalue weighted by Gasteiger charge is -2.37. The molecule has 0 saturated heterocycles. The molecular formula is C20H20N2O3. The van der Waals surface area contributed by atoms with Gasteiger partial charge in [0.25, 0.3) is 0 Å². The number of nitrogens with zero attached hydrogens (tertiary/aromatic N) is 1. The van der Waals surface area contributed by atoms with Gasteiger partial charge in [-0.15, -0.1) is 0 Å². The normalized spacial score (nSPS) is 22.0. The molecule has 5 nitrogen and oxygen atoms in total. The first kappa shape index (κ1) is 17.0. The Balaban J connectivity index is 2.19. The van der Waals surface area contributed by atoms with Crippen molar-refractivity contribution in [2.24, 2.45) is 5.41 Å². The van der Waals surface area contributed by atoms with Gasteiger partial charge >= 0.3 is 0 Å². The van der Waals surface area contributed by atoms with Crippen LogP contribution in [-0.2, 0) is 14.3 Å². The molecule has 3 rings (SSSR count). The summed E-state index contributed by atoms with van der Waals surface area (Å²) in [6, 6.07) is 11.5. The third kappa shape index (κ3) is 3.20. The molecule has 1 unspecified atom stereocenters. The van der Waals surface area contributed by atoms with Gasteiger partial charge in [-0.2, -0.15) is 5.26 Å². The number of carbonyl (C=O) groups is 2. The van der Waals surface area contributed by atoms with Crippen LogP contribution in [0.4, 0.5) is 0 Å². The van der Waals surface area contributed by atoms with Crippen LogP contribution in [0.5, 0.6) is 0 Å². The quantitative estimate of drug-likeness (QED) is 0.898. The molecule has 1 atom stereocenters. The Labute approximate surface area is 147 Å². The number of hydrogen-bond acceptors (Lipinski definition) is 4. The largest absolute Gasteiger partial charge is 0.444 e. The predicted octanol–water partition coefficient (Wildman–Crippen LogP) is 3.31. The summed E-state index contributed by atoms with van der Waals surface area (Å²) >= 11 is 0. The van der Waals surface area contributed by atoms with Crippen molar-refractivity contribution in [3.63, 3.8) is 0 Å². The standard InChI is InChI=1S/C20H20N2O3/c1-12(23)22-19-14(11-21)17(13-7-5-4-6-8-13)18-15(24)9-20(2,3)10-16(18)25-19/h4-8,17H,9-10H2,1-3H3,(H,22,23). The van der Waals surface area contributed by atoms with Gasteiger partial charge in [-0.1, -0.05) is 44.2 Å². The van der Waals surface area contributed by atoms with Crippen molar-refractivity contribution in [2.45, 2.75) is 39.5 Å². The number of nitriles is 1. The summed E-state index contributed by atoms with van der Waals surface area (Å²) in [7, 11) is 0. The summed E-state index contributed by atoms with van der Waals surface area (Å²) in [5.41, 5.74) is 1.41. The van der Waals surface area contributed by atoms with Crippen LogP contribution in [0.3, 0.4) is 0 Å². The van der Waals surface area contributed by atoms with Gasteiger partial charge in [0.15, 0.2) is 5.78 Å². The van der Waals surface area contributed by atoms with E-state index in [1.165, 1.54) is 6.92 Å². The van der Waals surface area contributed by atoms with Crippen LogP contribution in [0.1, 0.15) is 45.1 Å². The minimum atomic E-state index is -0.514. The Morgan fingerprint density at radius 3 is 2.56 bits per heavy atom. The van der Waals surface area contributed by atoms with Gasteiger partial charge in [-0.05, 0) is 11.0 Å². The molecule has 0 spiro atoms. The number of rotatable bonds is 2. The number of hydrogen-bond donors (Lipinski definition) is 1. The van der Waals surface area contributed by atoms with Crippen LogP contribution < -0.4 is 5.32 Å². The molecule has 1 aromatic rings. The van der Waals surface area contributed by atoms with Crippen LogP contribution in [0.25, 0.3) is 0 Å².